The Morgan fingerprint density at radius 1 is 1.59 bits per heavy atom. The molecule has 1 aromatic heterocycles. The summed E-state index contributed by atoms with van der Waals surface area (Å²) in [6.45, 7) is 5.63. The van der Waals surface area contributed by atoms with Crippen molar-refractivity contribution < 1.29 is 4.74 Å². The first-order valence-electron chi connectivity index (χ1n) is 6.17. The van der Waals surface area contributed by atoms with Crippen molar-refractivity contribution in [3.8, 4) is 0 Å². The second-order valence-electron chi connectivity index (χ2n) is 4.24. The molecule has 1 atom stereocenters. The van der Waals surface area contributed by atoms with E-state index in [4.69, 9.17) is 4.74 Å². The van der Waals surface area contributed by atoms with E-state index in [1.807, 2.05) is 7.05 Å². The molecule has 1 aromatic rings. The number of rotatable bonds is 5. The molecule has 1 N–H and O–H groups in total. The maximum absolute atomic E-state index is 5.68. The van der Waals surface area contributed by atoms with Crippen LogP contribution in [0.3, 0.4) is 0 Å². The maximum atomic E-state index is 5.68. The van der Waals surface area contributed by atoms with E-state index in [0.717, 1.165) is 50.0 Å². The van der Waals surface area contributed by atoms with Crippen LogP contribution in [0.2, 0.25) is 0 Å². The third-order valence-corrected chi connectivity index (χ3v) is 3.59. The molecule has 2 rings (SSSR count). The van der Waals surface area contributed by atoms with Gasteiger partial charge in [0.05, 0.1) is 12.7 Å². The molecule has 1 unspecified atom stereocenters. The number of hydrogen-bond donors (Lipinski definition) is 1. The number of hydrogen-bond acceptors (Lipinski definition) is 6. The minimum atomic E-state index is 0.257. The summed E-state index contributed by atoms with van der Waals surface area (Å²) in [6.07, 6.45) is 2.33. The Hall–Kier alpha value is -0.720. The lowest BCUT2D eigenvalue weighted by atomic mass is 10.3. The molecule has 96 valence electrons. The lowest BCUT2D eigenvalue weighted by Crippen LogP contribution is -2.46. The van der Waals surface area contributed by atoms with Gasteiger partial charge in [0.15, 0.2) is 0 Å². The Kier molecular flexibility index (Phi) is 4.70. The largest absolute Gasteiger partial charge is 0.373 e. The maximum Gasteiger partial charge on any atom is 0.205 e. The summed E-state index contributed by atoms with van der Waals surface area (Å²) in [6, 6.07) is 0. The van der Waals surface area contributed by atoms with Crippen LogP contribution < -0.4 is 10.2 Å². The van der Waals surface area contributed by atoms with E-state index in [1.165, 1.54) is 11.5 Å². The van der Waals surface area contributed by atoms with E-state index in [2.05, 4.69) is 26.5 Å². The molecule has 1 saturated heterocycles. The molecule has 0 saturated carbocycles. The number of nitrogens with one attached hydrogen (secondary N) is 1. The zero-order chi connectivity index (χ0) is 12.1. The zero-order valence-corrected chi connectivity index (χ0v) is 11.3. The number of morpholine rings is 1. The molecule has 1 aliphatic heterocycles. The molecule has 1 fully saturated rings. The Labute approximate surface area is 106 Å². The molecular weight excluding hydrogens is 236 g/mol. The first-order valence-corrected chi connectivity index (χ1v) is 6.94. The summed E-state index contributed by atoms with van der Waals surface area (Å²) in [4.78, 5) is 6.86. The molecule has 6 heteroatoms. The third-order valence-electron chi connectivity index (χ3n) is 2.77. The lowest BCUT2D eigenvalue weighted by molar-refractivity contribution is 0.0421. The first-order chi connectivity index (χ1) is 8.33. The molecular formula is C11H20N4OS. The van der Waals surface area contributed by atoms with Crippen LogP contribution in [0.1, 0.15) is 19.2 Å². The molecule has 5 nitrogen and oxygen atoms in total. The van der Waals surface area contributed by atoms with Crippen LogP contribution in [0.25, 0.3) is 0 Å². The van der Waals surface area contributed by atoms with Crippen LogP contribution >= 0.6 is 11.5 Å². The van der Waals surface area contributed by atoms with Crippen molar-refractivity contribution in [2.24, 2.45) is 0 Å². The molecule has 0 bridgehead atoms. The van der Waals surface area contributed by atoms with Crippen molar-refractivity contribution >= 4 is 16.7 Å². The van der Waals surface area contributed by atoms with E-state index < -0.39 is 0 Å². The van der Waals surface area contributed by atoms with Crippen LogP contribution in [0, 0.1) is 0 Å². The van der Waals surface area contributed by atoms with Gasteiger partial charge >= 0.3 is 0 Å². The summed E-state index contributed by atoms with van der Waals surface area (Å²) < 4.78 is 10.1. The average Bonchev–Trinajstić information content (AvgIpc) is 2.79. The highest BCUT2D eigenvalue weighted by molar-refractivity contribution is 7.09. The van der Waals surface area contributed by atoms with Crippen molar-refractivity contribution in [3.63, 3.8) is 0 Å². The fourth-order valence-corrected chi connectivity index (χ4v) is 2.69. The number of likely N-dealkylation sites (N-methyl/N-ethyl adjacent to an activating group) is 1. The van der Waals surface area contributed by atoms with Gasteiger partial charge in [-0.05, 0) is 13.5 Å². The monoisotopic (exact) mass is 256 g/mol. The Balaban J connectivity index is 1.95. The van der Waals surface area contributed by atoms with Crippen molar-refractivity contribution in [1.82, 2.24) is 14.7 Å². The van der Waals surface area contributed by atoms with Gasteiger partial charge in [0.25, 0.3) is 0 Å². The summed E-state index contributed by atoms with van der Waals surface area (Å²) in [7, 11) is 1.95. The number of nitrogens with zero attached hydrogens (tertiary/aromatic N) is 3. The van der Waals surface area contributed by atoms with Gasteiger partial charge in [0.1, 0.15) is 5.82 Å². The van der Waals surface area contributed by atoms with Crippen molar-refractivity contribution in [3.05, 3.63) is 5.82 Å². The summed E-state index contributed by atoms with van der Waals surface area (Å²) >= 11 is 1.50. The van der Waals surface area contributed by atoms with Crippen molar-refractivity contribution in [2.75, 3.05) is 38.2 Å². The minimum absolute atomic E-state index is 0.257. The van der Waals surface area contributed by atoms with Crippen LogP contribution in [0.15, 0.2) is 0 Å². The second kappa shape index (κ2) is 6.28. The Morgan fingerprint density at radius 2 is 2.47 bits per heavy atom. The predicted molar refractivity (Wildman–Crippen MR) is 69.8 cm³/mol. The molecule has 17 heavy (non-hydrogen) atoms. The molecule has 1 aliphatic rings. The van der Waals surface area contributed by atoms with E-state index in [0.29, 0.717) is 0 Å². The normalized spacial score (nSPS) is 20.8. The average molecular weight is 256 g/mol. The van der Waals surface area contributed by atoms with Gasteiger partial charge in [-0.25, -0.2) is 4.98 Å². The lowest BCUT2D eigenvalue weighted by Gasteiger charge is -2.32. The molecule has 2 heterocycles. The van der Waals surface area contributed by atoms with E-state index in [-0.39, 0.29) is 6.10 Å². The van der Waals surface area contributed by atoms with Gasteiger partial charge in [-0.1, -0.05) is 6.92 Å². The van der Waals surface area contributed by atoms with Gasteiger partial charge in [0, 0.05) is 37.6 Å². The fourth-order valence-electron chi connectivity index (χ4n) is 1.94. The number of aryl methyl sites for hydroxylation is 1. The summed E-state index contributed by atoms with van der Waals surface area (Å²) in [5, 5.41) is 4.19. The smallest absolute Gasteiger partial charge is 0.205 e. The molecule has 0 amide bonds. The van der Waals surface area contributed by atoms with Crippen LogP contribution in [0.5, 0.6) is 0 Å². The van der Waals surface area contributed by atoms with Crippen LogP contribution in [-0.4, -0.2) is 48.8 Å². The highest BCUT2D eigenvalue weighted by Crippen LogP contribution is 2.20. The number of anilines is 1. The third kappa shape index (κ3) is 3.37. The highest BCUT2D eigenvalue weighted by Gasteiger charge is 2.22. The topological polar surface area (TPSA) is 50.3 Å². The fraction of sp³-hybridized carbons (Fsp3) is 0.818. The van der Waals surface area contributed by atoms with Gasteiger partial charge in [0.2, 0.25) is 5.13 Å². The van der Waals surface area contributed by atoms with Crippen LogP contribution in [-0.2, 0) is 11.2 Å². The highest BCUT2D eigenvalue weighted by atomic mass is 32.1. The SMILES string of the molecule is CCCc1nsc(N2CCOC(CNC)C2)n1. The van der Waals surface area contributed by atoms with E-state index >= 15 is 0 Å². The number of ether oxygens (including phenoxy) is 1. The first kappa shape index (κ1) is 12.7. The molecule has 0 spiro atoms. The minimum Gasteiger partial charge on any atom is -0.373 e. The Bertz CT molecular complexity index is 342. The summed E-state index contributed by atoms with van der Waals surface area (Å²) in [5.74, 6) is 0.976. The predicted octanol–water partition coefficient (Wildman–Crippen LogP) is 0.915. The molecule has 0 aromatic carbocycles. The van der Waals surface area contributed by atoms with Gasteiger partial charge in [-0.2, -0.15) is 4.37 Å². The Morgan fingerprint density at radius 3 is 3.24 bits per heavy atom. The van der Waals surface area contributed by atoms with E-state index in [1.54, 1.807) is 0 Å². The number of aromatic nitrogens is 2. The molecule has 0 aliphatic carbocycles. The quantitative estimate of drug-likeness (QED) is 0.849. The van der Waals surface area contributed by atoms with Crippen LogP contribution in [0.4, 0.5) is 5.13 Å². The van der Waals surface area contributed by atoms with Gasteiger partial charge in [-0.15, -0.1) is 0 Å². The second-order valence-corrected chi connectivity index (χ2v) is 4.97. The van der Waals surface area contributed by atoms with Crippen molar-refractivity contribution in [2.45, 2.75) is 25.9 Å². The van der Waals surface area contributed by atoms with E-state index in [9.17, 15) is 0 Å². The zero-order valence-electron chi connectivity index (χ0n) is 10.5. The standard InChI is InChI=1S/C11H20N4OS/c1-3-4-10-13-11(17-14-10)15-5-6-16-9(8-15)7-12-2/h9,12H,3-8H2,1-2H3. The van der Waals surface area contributed by atoms with Gasteiger partial charge < -0.3 is 15.0 Å². The molecule has 0 radical (unpaired) electrons. The summed E-state index contributed by atoms with van der Waals surface area (Å²) in [5.41, 5.74) is 0. The van der Waals surface area contributed by atoms with Crippen molar-refractivity contribution in [1.29, 1.82) is 0 Å². The van der Waals surface area contributed by atoms with Gasteiger partial charge in [-0.3, -0.25) is 0 Å².